The summed E-state index contributed by atoms with van der Waals surface area (Å²) in [6.45, 7) is 0.579. The van der Waals surface area contributed by atoms with Gasteiger partial charge in [-0.2, -0.15) is 4.98 Å². The average molecular weight is 291 g/mol. The molecule has 0 unspecified atom stereocenters. The number of hydrogen-bond donors (Lipinski definition) is 1. The summed E-state index contributed by atoms with van der Waals surface area (Å²) in [7, 11) is 1.53. The topological polar surface area (TPSA) is 95.7 Å². The smallest absolute Gasteiger partial charge is 0.252 e. The van der Waals surface area contributed by atoms with Crippen LogP contribution >= 0.6 is 0 Å². The Bertz CT molecular complexity index is 655. The second-order valence-corrected chi connectivity index (χ2v) is 4.29. The molecule has 21 heavy (non-hydrogen) atoms. The standard InChI is InChI=1S/C13H13N3O5/c1-18-6-12-15-11(16-21-12)5-14-13(17)8-2-3-9-10(4-8)20-7-19-9/h2-4H,5-7H2,1H3,(H,14,17). The lowest BCUT2D eigenvalue weighted by Crippen LogP contribution is -2.23. The highest BCUT2D eigenvalue weighted by Crippen LogP contribution is 2.32. The van der Waals surface area contributed by atoms with Crippen LogP contribution in [0.3, 0.4) is 0 Å². The van der Waals surface area contributed by atoms with Crippen LogP contribution < -0.4 is 14.8 Å². The van der Waals surface area contributed by atoms with E-state index in [4.69, 9.17) is 18.7 Å². The molecule has 2 heterocycles. The molecule has 8 nitrogen and oxygen atoms in total. The van der Waals surface area contributed by atoms with Gasteiger partial charge in [-0.3, -0.25) is 4.79 Å². The van der Waals surface area contributed by atoms with Crippen LogP contribution in [0.4, 0.5) is 0 Å². The van der Waals surface area contributed by atoms with Crippen LogP contribution in [0.5, 0.6) is 11.5 Å². The number of carbonyl (C=O) groups excluding carboxylic acids is 1. The third-order valence-electron chi connectivity index (χ3n) is 2.82. The molecule has 0 saturated carbocycles. The van der Waals surface area contributed by atoms with Crippen LogP contribution in [0, 0.1) is 0 Å². The summed E-state index contributed by atoms with van der Waals surface area (Å²) in [6.07, 6.45) is 0. The van der Waals surface area contributed by atoms with Gasteiger partial charge in [-0.15, -0.1) is 0 Å². The molecule has 8 heteroatoms. The van der Waals surface area contributed by atoms with Crippen molar-refractivity contribution in [2.75, 3.05) is 13.9 Å². The fourth-order valence-corrected chi connectivity index (χ4v) is 1.84. The first kappa shape index (κ1) is 13.4. The molecule has 0 spiro atoms. The van der Waals surface area contributed by atoms with Gasteiger partial charge >= 0.3 is 0 Å². The molecule has 0 atom stereocenters. The number of fused-ring (bicyclic) bond motifs is 1. The van der Waals surface area contributed by atoms with Gasteiger partial charge in [0.2, 0.25) is 6.79 Å². The summed E-state index contributed by atoms with van der Waals surface area (Å²) in [5, 5.41) is 6.43. The quantitative estimate of drug-likeness (QED) is 0.873. The summed E-state index contributed by atoms with van der Waals surface area (Å²) in [4.78, 5) is 16.1. The Morgan fingerprint density at radius 2 is 2.24 bits per heavy atom. The lowest BCUT2D eigenvalue weighted by molar-refractivity contribution is 0.0949. The van der Waals surface area contributed by atoms with Crippen LogP contribution in [0.25, 0.3) is 0 Å². The van der Waals surface area contributed by atoms with E-state index in [9.17, 15) is 4.79 Å². The Kier molecular flexibility index (Phi) is 3.69. The summed E-state index contributed by atoms with van der Waals surface area (Å²) < 4.78 is 20.2. The van der Waals surface area contributed by atoms with E-state index in [1.165, 1.54) is 7.11 Å². The molecule has 2 aromatic rings. The first-order valence-corrected chi connectivity index (χ1v) is 6.24. The van der Waals surface area contributed by atoms with Gasteiger partial charge in [0.05, 0.1) is 6.54 Å². The lowest BCUT2D eigenvalue weighted by atomic mass is 10.2. The molecule has 0 bridgehead atoms. The summed E-state index contributed by atoms with van der Waals surface area (Å²) in [5.41, 5.74) is 0.472. The lowest BCUT2D eigenvalue weighted by Gasteiger charge is -2.03. The van der Waals surface area contributed by atoms with Crippen molar-refractivity contribution in [3.8, 4) is 11.5 Å². The zero-order chi connectivity index (χ0) is 14.7. The summed E-state index contributed by atoms with van der Waals surface area (Å²) in [5.74, 6) is 1.69. The van der Waals surface area contributed by atoms with Crippen LogP contribution in [0.1, 0.15) is 22.1 Å². The molecule has 1 N–H and O–H groups in total. The maximum absolute atomic E-state index is 12.0. The largest absolute Gasteiger partial charge is 0.454 e. The predicted octanol–water partition coefficient (Wildman–Crippen LogP) is 0.875. The van der Waals surface area contributed by atoms with Crippen molar-refractivity contribution in [1.29, 1.82) is 0 Å². The maximum Gasteiger partial charge on any atom is 0.252 e. The fourth-order valence-electron chi connectivity index (χ4n) is 1.84. The monoisotopic (exact) mass is 291 g/mol. The van der Waals surface area contributed by atoms with Gasteiger partial charge in [-0.1, -0.05) is 5.16 Å². The normalized spacial score (nSPS) is 12.4. The number of aromatic nitrogens is 2. The highest BCUT2D eigenvalue weighted by molar-refractivity contribution is 5.94. The average Bonchev–Trinajstić information content (AvgIpc) is 3.13. The molecule has 110 valence electrons. The number of nitrogens with one attached hydrogen (secondary N) is 1. The predicted molar refractivity (Wildman–Crippen MR) is 68.7 cm³/mol. The number of methoxy groups -OCH3 is 1. The minimum absolute atomic E-state index is 0.167. The number of hydrogen-bond acceptors (Lipinski definition) is 7. The molecule has 1 aromatic heterocycles. The van der Waals surface area contributed by atoms with Gasteiger partial charge in [-0.05, 0) is 18.2 Å². The van der Waals surface area contributed by atoms with Gasteiger partial charge in [0.15, 0.2) is 17.3 Å². The molecular weight excluding hydrogens is 278 g/mol. The molecule has 3 rings (SSSR count). The first-order chi connectivity index (χ1) is 10.3. The van der Waals surface area contributed by atoms with Crippen LogP contribution in [0.2, 0.25) is 0 Å². The molecule has 1 aliphatic heterocycles. The Balaban J connectivity index is 1.60. The van der Waals surface area contributed by atoms with Crippen molar-refractivity contribution in [2.24, 2.45) is 0 Å². The van der Waals surface area contributed by atoms with Crippen molar-refractivity contribution in [2.45, 2.75) is 13.2 Å². The van der Waals surface area contributed by atoms with Gasteiger partial charge in [-0.25, -0.2) is 0 Å². The van der Waals surface area contributed by atoms with Gasteiger partial charge in [0.1, 0.15) is 6.61 Å². The molecule has 0 saturated heterocycles. The molecule has 1 amide bonds. The SMILES string of the molecule is COCc1nc(CNC(=O)c2ccc3c(c2)OCO3)no1. The number of carbonyl (C=O) groups is 1. The Labute approximate surface area is 120 Å². The molecular formula is C13H13N3O5. The van der Waals surface area contributed by atoms with Crippen molar-refractivity contribution in [3.05, 3.63) is 35.5 Å². The van der Waals surface area contributed by atoms with E-state index < -0.39 is 0 Å². The van der Waals surface area contributed by atoms with Gasteiger partial charge in [0.25, 0.3) is 11.8 Å². The first-order valence-electron chi connectivity index (χ1n) is 6.24. The summed E-state index contributed by atoms with van der Waals surface area (Å²) in [6, 6.07) is 4.99. The Hall–Kier alpha value is -2.61. The van der Waals surface area contributed by atoms with Crippen LogP contribution in [-0.4, -0.2) is 30.0 Å². The number of benzene rings is 1. The Morgan fingerprint density at radius 1 is 1.38 bits per heavy atom. The van der Waals surface area contributed by atoms with E-state index >= 15 is 0 Å². The van der Waals surface area contributed by atoms with E-state index in [0.29, 0.717) is 28.8 Å². The van der Waals surface area contributed by atoms with Gasteiger partial charge in [0, 0.05) is 12.7 Å². The molecule has 1 aromatic carbocycles. The van der Waals surface area contributed by atoms with E-state index in [0.717, 1.165) is 0 Å². The minimum Gasteiger partial charge on any atom is -0.454 e. The van der Waals surface area contributed by atoms with Crippen LogP contribution in [0.15, 0.2) is 22.7 Å². The second kappa shape index (κ2) is 5.80. The zero-order valence-corrected chi connectivity index (χ0v) is 11.3. The number of rotatable bonds is 5. The third kappa shape index (κ3) is 2.95. The minimum atomic E-state index is -0.258. The van der Waals surface area contributed by atoms with Gasteiger partial charge < -0.3 is 24.1 Å². The van der Waals surface area contributed by atoms with Crippen LogP contribution in [-0.2, 0) is 17.9 Å². The number of amides is 1. The van der Waals surface area contributed by atoms with Crippen molar-refractivity contribution < 1.29 is 23.5 Å². The highest BCUT2D eigenvalue weighted by Gasteiger charge is 2.16. The van der Waals surface area contributed by atoms with E-state index in [1.54, 1.807) is 18.2 Å². The Morgan fingerprint density at radius 3 is 3.10 bits per heavy atom. The highest BCUT2D eigenvalue weighted by atomic mass is 16.7. The number of ether oxygens (including phenoxy) is 3. The van der Waals surface area contributed by atoms with Crippen molar-refractivity contribution in [1.82, 2.24) is 15.5 Å². The van der Waals surface area contributed by atoms with Crippen molar-refractivity contribution >= 4 is 5.91 Å². The third-order valence-corrected chi connectivity index (χ3v) is 2.82. The molecule has 0 fully saturated rings. The zero-order valence-electron chi connectivity index (χ0n) is 11.3. The molecule has 0 radical (unpaired) electrons. The fraction of sp³-hybridized carbons (Fsp3) is 0.308. The van der Waals surface area contributed by atoms with E-state index in [2.05, 4.69) is 15.5 Å². The molecule has 1 aliphatic rings. The summed E-state index contributed by atoms with van der Waals surface area (Å²) >= 11 is 0. The van der Waals surface area contributed by atoms with Crippen molar-refractivity contribution in [3.63, 3.8) is 0 Å². The molecule has 0 aliphatic carbocycles. The number of nitrogens with zero attached hydrogens (tertiary/aromatic N) is 2. The van der Waals surface area contributed by atoms with E-state index in [-0.39, 0.29) is 25.9 Å². The van der Waals surface area contributed by atoms with E-state index in [1.807, 2.05) is 0 Å². The second-order valence-electron chi connectivity index (χ2n) is 4.29. The maximum atomic E-state index is 12.0.